The maximum atomic E-state index is 6.26. The molecule has 0 saturated carbocycles. The van der Waals surface area contributed by atoms with Gasteiger partial charge in [0, 0.05) is 18.4 Å². The molecule has 1 atom stereocenters. The molecule has 6 nitrogen and oxygen atoms in total. The quantitative estimate of drug-likeness (QED) is 0.853. The molecule has 0 aliphatic heterocycles. The van der Waals surface area contributed by atoms with E-state index in [2.05, 4.69) is 29.4 Å². The number of hydrogen-bond acceptors (Lipinski definition) is 5. The SMILES string of the molecule is COCC(C(C)C)n1nnnc1-c1cc(N)cc(Cl)c1Cl. The smallest absolute Gasteiger partial charge is 0.184 e. The Bertz CT molecular complexity index is 629. The Hall–Kier alpha value is -1.37. The summed E-state index contributed by atoms with van der Waals surface area (Å²) in [7, 11) is 1.64. The van der Waals surface area contributed by atoms with Crippen molar-refractivity contribution in [3.8, 4) is 11.4 Å². The Morgan fingerprint density at radius 2 is 2.05 bits per heavy atom. The summed E-state index contributed by atoms with van der Waals surface area (Å²) in [5, 5.41) is 12.6. The summed E-state index contributed by atoms with van der Waals surface area (Å²) in [4.78, 5) is 0. The summed E-state index contributed by atoms with van der Waals surface area (Å²) in [6.45, 7) is 4.63. The number of methoxy groups -OCH3 is 1. The monoisotopic (exact) mass is 329 g/mol. The predicted molar refractivity (Wildman–Crippen MR) is 83.4 cm³/mol. The summed E-state index contributed by atoms with van der Waals surface area (Å²) in [5.74, 6) is 0.799. The third-order valence-electron chi connectivity index (χ3n) is 3.21. The number of tetrazole rings is 1. The molecule has 0 aliphatic carbocycles. The zero-order valence-electron chi connectivity index (χ0n) is 12.0. The minimum atomic E-state index is -0.0173. The molecular weight excluding hydrogens is 313 g/mol. The summed E-state index contributed by atoms with van der Waals surface area (Å²) in [5.41, 5.74) is 6.94. The van der Waals surface area contributed by atoms with Crippen molar-refractivity contribution >= 4 is 28.9 Å². The molecular formula is C13H17Cl2N5O. The highest BCUT2D eigenvalue weighted by Crippen LogP contribution is 2.36. The fraction of sp³-hybridized carbons (Fsp3) is 0.462. The van der Waals surface area contributed by atoms with E-state index in [0.717, 1.165) is 0 Å². The summed E-state index contributed by atoms with van der Waals surface area (Å²) in [6.07, 6.45) is 0. The first-order valence-electron chi connectivity index (χ1n) is 6.47. The molecule has 2 rings (SSSR count). The van der Waals surface area contributed by atoms with Crippen LogP contribution in [0.1, 0.15) is 19.9 Å². The van der Waals surface area contributed by atoms with Crippen LogP contribution in [0, 0.1) is 5.92 Å². The second-order valence-electron chi connectivity index (χ2n) is 5.08. The Kier molecular flexibility index (Phi) is 5.03. The number of halogens is 2. The first-order chi connectivity index (χ1) is 9.95. The largest absolute Gasteiger partial charge is 0.399 e. The number of nitrogens with zero attached hydrogens (tertiary/aromatic N) is 4. The van der Waals surface area contributed by atoms with E-state index in [1.807, 2.05) is 0 Å². The molecule has 2 N–H and O–H groups in total. The van der Waals surface area contributed by atoms with Crippen LogP contribution in [0.5, 0.6) is 0 Å². The van der Waals surface area contributed by atoms with E-state index < -0.39 is 0 Å². The first-order valence-corrected chi connectivity index (χ1v) is 7.23. The average molecular weight is 330 g/mol. The van der Waals surface area contributed by atoms with Crippen molar-refractivity contribution in [2.75, 3.05) is 19.5 Å². The predicted octanol–water partition coefficient (Wildman–Crippen LogP) is 3.07. The van der Waals surface area contributed by atoms with E-state index in [1.165, 1.54) is 0 Å². The molecule has 1 heterocycles. The summed E-state index contributed by atoms with van der Waals surface area (Å²) >= 11 is 12.3. The molecule has 21 heavy (non-hydrogen) atoms. The molecule has 2 aromatic rings. The van der Waals surface area contributed by atoms with Crippen molar-refractivity contribution in [3.05, 3.63) is 22.2 Å². The number of aromatic nitrogens is 4. The van der Waals surface area contributed by atoms with Gasteiger partial charge in [-0.3, -0.25) is 0 Å². The number of nitrogen functional groups attached to an aromatic ring is 1. The maximum Gasteiger partial charge on any atom is 0.184 e. The lowest BCUT2D eigenvalue weighted by atomic mass is 10.0. The van der Waals surface area contributed by atoms with E-state index in [4.69, 9.17) is 33.7 Å². The fourth-order valence-electron chi connectivity index (χ4n) is 2.08. The molecule has 114 valence electrons. The fourth-order valence-corrected chi connectivity index (χ4v) is 2.50. The highest BCUT2D eigenvalue weighted by atomic mass is 35.5. The summed E-state index contributed by atoms with van der Waals surface area (Å²) in [6, 6.07) is 3.29. The van der Waals surface area contributed by atoms with Crippen LogP contribution in [-0.2, 0) is 4.74 Å². The van der Waals surface area contributed by atoms with Crippen LogP contribution < -0.4 is 5.73 Å². The van der Waals surface area contributed by atoms with E-state index in [-0.39, 0.29) is 12.0 Å². The highest BCUT2D eigenvalue weighted by Gasteiger charge is 2.23. The van der Waals surface area contributed by atoms with E-state index >= 15 is 0 Å². The second kappa shape index (κ2) is 6.60. The Balaban J connectivity index is 2.54. The van der Waals surface area contributed by atoms with Gasteiger partial charge < -0.3 is 10.5 Å². The van der Waals surface area contributed by atoms with Gasteiger partial charge >= 0.3 is 0 Å². The lowest BCUT2D eigenvalue weighted by molar-refractivity contribution is 0.126. The minimum Gasteiger partial charge on any atom is -0.399 e. The van der Waals surface area contributed by atoms with Crippen molar-refractivity contribution in [2.24, 2.45) is 5.92 Å². The van der Waals surface area contributed by atoms with Crippen LogP contribution in [-0.4, -0.2) is 33.9 Å². The number of ether oxygens (including phenoxy) is 1. The number of hydrogen-bond donors (Lipinski definition) is 1. The van der Waals surface area contributed by atoms with Gasteiger partial charge in [0.2, 0.25) is 0 Å². The van der Waals surface area contributed by atoms with Gasteiger partial charge in [0.15, 0.2) is 5.82 Å². The molecule has 0 bridgehead atoms. The van der Waals surface area contributed by atoms with Gasteiger partial charge in [0.05, 0.1) is 22.7 Å². The van der Waals surface area contributed by atoms with Crippen molar-refractivity contribution in [1.82, 2.24) is 20.2 Å². The molecule has 0 radical (unpaired) electrons. The van der Waals surface area contributed by atoms with Gasteiger partial charge in [-0.05, 0) is 28.5 Å². The molecule has 0 fully saturated rings. The molecule has 0 saturated heterocycles. The van der Waals surface area contributed by atoms with Crippen LogP contribution >= 0.6 is 23.2 Å². The van der Waals surface area contributed by atoms with Gasteiger partial charge in [-0.15, -0.1) is 5.10 Å². The number of benzene rings is 1. The zero-order valence-corrected chi connectivity index (χ0v) is 13.6. The molecule has 0 amide bonds. The topological polar surface area (TPSA) is 78.8 Å². The van der Waals surface area contributed by atoms with E-state index in [9.17, 15) is 0 Å². The van der Waals surface area contributed by atoms with E-state index in [0.29, 0.717) is 33.7 Å². The third kappa shape index (κ3) is 3.28. The Morgan fingerprint density at radius 3 is 2.67 bits per heavy atom. The third-order valence-corrected chi connectivity index (χ3v) is 4.01. The van der Waals surface area contributed by atoms with Crippen LogP contribution in [0.4, 0.5) is 5.69 Å². The van der Waals surface area contributed by atoms with Gasteiger partial charge in [-0.25, -0.2) is 4.68 Å². The Labute approximate surface area is 133 Å². The lowest BCUT2D eigenvalue weighted by Gasteiger charge is -2.21. The van der Waals surface area contributed by atoms with Crippen molar-refractivity contribution in [1.29, 1.82) is 0 Å². The van der Waals surface area contributed by atoms with Crippen LogP contribution in [0.15, 0.2) is 12.1 Å². The molecule has 0 spiro atoms. The number of rotatable bonds is 5. The maximum absolute atomic E-state index is 6.26. The average Bonchev–Trinajstić information content (AvgIpc) is 2.88. The number of nitrogens with two attached hydrogens (primary N) is 1. The molecule has 1 unspecified atom stereocenters. The van der Waals surface area contributed by atoms with Gasteiger partial charge in [-0.1, -0.05) is 37.0 Å². The highest BCUT2D eigenvalue weighted by molar-refractivity contribution is 6.43. The normalized spacial score (nSPS) is 12.9. The van der Waals surface area contributed by atoms with Crippen LogP contribution in [0.2, 0.25) is 10.0 Å². The first kappa shape index (κ1) is 16.0. The lowest BCUT2D eigenvalue weighted by Crippen LogP contribution is -2.22. The van der Waals surface area contributed by atoms with Crippen molar-refractivity contribution < 1.29 is 4.74 Å². The van der Waals surface area contributed by atoms with Crippen molar-refractivity contribution in [2.45, 2.75) is 19.9 Å². The van der Waals surface area contributed by atoms with Gasteiger partial charge in [-0.2, -0.15) is 0 Å². The zero-order chi connectivity index (χ0) is 15.6. The molecule has 0 aliphatic rings. The van der Waals surface area contributed by atoms with Gasteiger partial charge in [0.25, 0.3) is 0 Å². The molecule has 8 heteroatoms. The minimum absolute atomic E-state index is 0.0173. The van der Waals surface area contributed by atoms with E-state index in [1.54, 1.807) is 23.9 Å². The molecule has 1 aromatic heterocycles. The Morgan fingerprint density at radius 1 is 1.33 bits per heavy atom. The van der Waals surface area contributed by atoms with Gasteiger partial charge in [0.1, 0.15) is 0 Å². The standard InChI is InChI=1S/C13H17Cl2N5O/c1-7(2)11(6-21-3)20-13(17-18-19-20)9-4-8(16)5-10(14)12(9)15/h4-5,7,11H,6,16H2,1-3H3. The van der Waals surface area contributed by atoms with Crippen LogP contribution in [0.25, 0.3) is 11.4 Å². The summed E-state index contributed by atoms with van der Waals surface area (Å²) < 4.78 is 6.96. The van der Waals surface area contributed by atoms with Crippen molar-refractivity contribution in [3.63, 3.8) is 0 Å². The second-order valence-corrected chi connectivity index (χ2v) is 5.86. The molecule has 1 aromatic carbocycles. The number of anilines is 1. The van der Waals surface area contributed by atoms with Crippen LogP contribution in [0.3, 0.4) is 0 Å².